The van der Waals surface area contributed by atoms with Gasteiger partial charge in [-0.05, 0) is 25.0 Å². The Morgan fingerprint density at radius 1 is 1.31 bits per heavy atom. The van der Waals surface area contributed by atoms with E-state index in [1.165, 1.54) is 6.07 Å². The van der Waals surface area contributed by atoms with Gasteiger partial charge in [-0.15, -0.1) is 0 Å². The lowest BCUT2D eigenvalue weighted by Gasteiger charge is -2.13. The monoisotopic (exact) mass is 230 g/mol. The molecule has 16 heavy (non-hydrogen) atoms. The van der Waals surface area contributed by atoms with Crippen LogP contribution < -0.4 is 0 Å². The number of benzene rings is 1. The Hall–Kier alpha value is -1.00. The average Bonchev–Trinajstić information content (AvgIpc) is 2.26. The average molecular weight is 230 g/mol. The van der Waals surface area contributed by atoms with E-state index >= 15 is 0 Å². The van der Waals surface area contributed by atoms with Gasteiger partial charge in [-0.3, -0.25) is 0 Å². The molecular formula is C12H16F2O2. The Bertz CT molecular complexity index is 349. The van der Waals surface area contributed by atoms with E-state index in [9.17, 15) is 8.78 Å². The molecule has 0 aliphatic rings. The highest BCUT2D eigenvalue weighted by molar-refractivity contribution is 5.25. The van der Waals surface area contributed by atoms with Crippen LogP contribution in [0.1, 0.15) is 24.5 Å². The number of aliphatic hydroxyl groups excluding tert-OH is 1. The summed E-state index contributed by atoms with van der Waals surface area (Å²) in [6.45, 7) is 3.39. The molecule has 2 nitrogen and oxygen atoms in total. The second kappa shape index (κ2) is 5.92. The van der Waals surface area contributed by atoms with Crippen molar-refractivity contribution in [1.82, 2.24) is 0 Å². The van der Waals surface area contributed by atoms with Crippen LogP contribution in [-0.2, 0) is 11.3 Å². The van der Waals surface area contributed by atoms with E-state index in [2.05, 4.69) is 0 Å². The summed E-state index contributed by atoms with van der Waals surface area (Å²) < 4.78 is 31.6. The van der Waals surface area contributed by atoms with Gasteiger partial charge in [-0.2, -0.15) is 0 Å². The number of hydrogen-bond acceptors (Lipinski definition) is 2. The third-order valence-electron chi connectivity index (χ3n) is 2.46. The van der Waals surface area contributed by atoms with Crippen molar-refractivity contribution in [2.45, 2.75) is 33.0 Å². The summed E-state index contributed by atoms with van der Waals surface area (Å²) in [6, 6.07) is 2.28. The molecule has 1 atom stereocenters. The number of aliphatic hydroxyl groups is 1. The van der Waals surface area contributed by atoms with Gasteiger partial charge in [0, 0.05) is 11.6 Å². The predicted octanol–water partition coefficient (Wildman–Crippen LogP) is 2.56. The Morgan fingerprint density at radius 3 is 2.56 bits per heavy atom. The fraction of sp³-hybridized carbons (Fsp3) is 0.500. The molecule has 0 bridgehead atoms. The SMILES string of the molecule is CC[C@@H](CO)OCc1cc(C)c(F)cc1F. The Balaban J connectivity index is 2.70. The molecule has 1 rings (SSSR count). The molecule has 0 radical (unpaired) electrons. The number of halogens is 2. The molecule has 1 N–H and O–H groups in total. The first-order valence-electron chi connectivity index (χ1n) is 5.25. The lowest BCUT2D eigenvalue weighted by molar-refractivity contribution is -0.000364. The van der Waals surface area contributed by atoms with Crippen LogP contribution in [0.15, 0.2) is 12.1 Å². The molecule has 0 aliphatic heterocycles. The first-order chi connectivity index (χ1) is 7.58. The van der Waals surface area contributed by atoms with Crippen LogP contribution in [0.25, 0.3) is 0 Å². The van der Waals surface area contributed by atoms with Crippen LogP contribution in [-0.4, -0.2) is 17.8 Å². The van der Waals surface area contributed by atoms with E-state index in [1.807, 2.05) is 6.92 Å². The molecule has 0 heterocycles. The quantitative estimate of drug-likeness (QED) is 0.842. The van der Waals surface area contributed by atoms with Crippen LogP contribution in [0.3, 0.4) is 0 Å². The van der Waals surface area contributed by atoms with Gasteiger partial charge in [-0.25, -0.2) is 8.78 Å². The summed E-state index contributed by atoms with van der Waals surface area (Å²) in [5.41, 5.74) is 0.697. The summed E-state index contributed by atoms with van der Waals surface area (Å²) in [5.74, 6) is -1.17. The predicted molar refractivity (Wildman–Crippen MR) is 57.0 cm³/mol. The zero-order chi connectivity index (χ0) is 12.1. The molecule has 0 aromatic heterocycles. The molecule has 0 spiro atoms. The molecule has 0 fully saturated rings. The van der Waals surface area contributed by atoms with Crippen molar-refractivity contribution in [3.8, 4) is 0 Å². The fourth-order valence-corrected chi connectivity index (χ4v) is 1.33. The van der Waals surface area contributed by atoms with Gasteiger partial charge in [0.25, 0.3) is 0 Å². The van der Waals surface area contributed by atoms with Crippen LogP contribution in [0.5, 0.6) is 0 Å². The molecular weight excluding hydrogens is 214 g/mol. The highest BCUT2D eigenvalue weighted by Gasteiger charge is 2.10. The summed E-state index contributed by atoms with van der Waals surface area (Å²) >= 11 is 0. The minimum atomic E-state index is -0.615. The second-order valence-electron chi connectivity index (χ2n) is 3.72. The lowest BCUT2D eigenvalue weighted by atomic mass is 10.1. The largest absolute Gasteiger partial charge is 0.394 e. The summed E-state index contributed by atoms with van der Waals surface area (Å²) in [5, 5.41) is 8.89. The minimum Gasteiger partial charge on any atom is -0.394 e. The van der Waals surface area contributed by atoms with Crippen molar-refractivity contribution >= 4 is 0 Å². The first kappa shape index (κ1) is 13.1. The molecule has 0 amide bonds. The summed E-state index contributed by atoms with van der Waals surface area (Å²) in [4.78, 5) is 0. The second-order valence-corrected chi connectivity index (χ2v) is 3.72. The topological polar surface area (TPSA) is 29.5 Å². The maximum absolute atomic E-state index is 13.3. The summed E-state index contributed by atoms with van der Waals surface area (Å²) in [7, 11) is 0. The van der Waals surface area contributed by atoms with Crippen molar-refractivity contribution in [3.05, 3.63) is 34.9 Å². The van der Waals surface area contributed by atoms with Crippen molar-refractivity contribution in [2.24, 2.45) is 0 Å². The summed E-state index contributed by atoms with van der Waals surface area (Å²) in [6.07, 6.45) is 0.350. The van der Waals surface area contributed by atoms with Crippen molar-refractivity contribution in [3.63, 3.8) is 0 Å². The zero-order valence-corrected chi connectivity index (χ0v) is 9.46. The van der Waals surface area contributed by atoms with Crippen molar-refractivity contribution < 1.29 is 18.6 Å². The van der Waals surface area contributed by atoms with Crippen LogP contribution in [0, 0.1) is 18.6 Å². The highest BCUT2D eigenvalue weighted by atomic mass is 19.1. The number of ether oxygens (including phenoxy) is 1. The van der Waals surface area contributed by atoms with E-state index in [-0.39, 0.29) is 19.3 Å². The Morgan fingerprint density at radius 2 is 2.00 bits per heavy atom. The van der Waals surface area contributed by atoms with Gasteiger partial charge in [0.1, 0.15) is 11.6 Å². The molecule has 0 unspecified atom stereocenters. The highest BCUT2D eigenvalue weighted by Crippen LogP contribution is 2.16. The van der Waals surface area contributed by atoms with Gasteiger partial charge in [0.05, 0.1) is 19.3 Å². The molecule has 0 saturated carbocycles. The lowest BCUT2D eigenvalue weighted by Crippen LogP contribution is -2.16. The van der Waals surface area contributed by atoms with Crippen LogP contribution in [0.2, 0.25) is 0 Å². The molecule has 90 valence electrons. The van der Waals surface area contributed by atoms with Gasteiger partial charge in [0.2, 0.25) is 0 Å². The minimum absolute atomic E-state index is 0.0476. The van der Waals surface area contributed by atoms with Crippen molar-refractivity contribution in [2.75, 3.05) is 6.61 Å². The number of rotatable bonds is 5. The van der Waals surface area contributed by atoms with E-state index in [0.29, 0.717) is 17.5 Å². The number of hydrogen-bond donors (Lipinski definition) is 1. The Kier molecular flexibility index (Phi) is 4.83. The maximum Gasteiger partial charge on any atom is 0.131 e. The molecule has 1 aromatic rings. The normalized spacial score (nSPS) is 12.8. The van der Waals surface area contributed by atoms with E-state index in [0.717, 1.165) is 6.07 Å². The smallest absolute Gasteiger partial charge is 0.131 e. The van der Waals surface area contributed by atoms with Gasteiger partial charge in [-0.1, -0.05) is 6.92 Å². The fourth-order valence-electron chi connectivity index (χ4n) is 1.33. The third kappa shape index (κ3) is 3.25. The molecule has 1 aromatic carbocycles. The van der Waals surface area contributed by atoms with E-state index < -0.39 is 11.6 Å². The standard InChI is InChI=1S/C12H16F2O2/c1-3-10(6-15)16-7-9-4-8(2)11(13)5-12(9)14/h4-5,10,15H,3,6-7H2,1-2H3/t10-/m0/s1. The number of aryl methyl sites for hydroxylation is 1. The van der Waals surface area contributed by atoms with E-state index in [1.54, 1.807) is 6.92 Å². The van der Waals surface area contributed by atoms with Gasteiger partial charge >= 0.3 is 0 Å². The molecule has 0 saturated heterocycles. The zero-order valence-electron chi connectivity index (χ0n) is 9.46. The molecule has 0 aliphatic carbocycles. The van der Waals surface area contributed by atoms with Crippen molar-refractivity contribution in [1.29, 1.82) is 0 Å². The van der Waals surface area contributed by atoms with Crippen LogP contribution in [0.4, 0.5) is 8.78 Å². The third-order valence-corrected chi connectivity index (χ3v) is 2.46. The van der Waals surface area contributed by atoms with Gasteiger partial charge in [0.15, 0.2) is 0 Å². The van der Waals surface area contributed by atoms with E-state index in [4.69, 9.17) is 9.84 Å². The Labute approximate surface area is 93.9 Å². The maximum atomic E-state index is 13.3. The molecule has 4 heteroatoms. The van der Waals surface area contributed by atoms with Gasteiger partial charge < -0.3 is 9.84 Å². The first-order valence-corrected chi connectivity index (χ1v) is 5.25. The van der Waals surface area contributed by atoms with Crippen LogP contribution >= 0.6 is 0 Å².